The van der Waals surface area contributed by atoms with Gasteiger partial charge in [0, 0.05) is 18.9 Å². The average molecular weight is 355 g/mol. The van der Waals surface area contributed by atoms with E-state index in [1.165, 1.54) is 0 Å². The van der Waals surface area contributed by atoms with E-state index >= 15 is 0 Å². The molecule has 1 aliphatic heterocycles. The molecule has 2 aromatic heterocycles. The molecule has 0 aliphatic carbocycles. The first-order valence-corrected chi connectivity index (χ1v) is 8.86. The summed E-state index contributed by atoms with van der Waals surface area (Å²) in [6.07, 6.45) is 0.362. The van der Waals surface area contributed by atoms with E-state index in [9.17, 15) is 4.79 Å². The zero-order chi connectivity index (χ0) is 17.4. The van der Waals surface area contributed by atoms with Gasteiger partial charge in [-0.05, 0) is 36.1 Å². The van der Waals surface area contributed by atoms with Crippen molar-refractivity contribution in [2.45, 2.75) is 19.3 Å². The maximum Gasteiger partial charge on any atom is 0.267 e. The summed E-state index contributed by atoms with van der Waals surface area (Å²) < 4.78 is 10.8. The van der Waals surface area contributed by atoms with Gasteiger partial charge in [0.05, 0.1) is 17.7 Å². The third kappa shape index (κ3) is 2.91. The zero-order valence-electron chi connectivity index (χ0n) is 13.9. The van der Waals surface area contributed by atoms with Crippen molar-refractivity contribution in [3.63, 3.8) is 0 Å². The van der Waals surface area contributed by atoms with Gasteiger partial charge in [0.25, 0.3) is 5.89 Å². The third-order valence-electron chi connectivity index (χ3n) is 4.29. The molecule has 0 spiro atoms. The highest BCUT2D eigenvalue weighted by atomic mass is 32.1. The Balaban J connectivity index is 1.60. The quantitative estimate of drug-likeness (QED) is 0.715. The molecule has 0 bridgehead atoms. The molecule has 1 saturated heterocycles. The lowest BCUT2D eigenvalue weighted by molar-refractivity contribution is -0.117. The Morgan fingerprint density at radius 1 is 1.36 bits per heavy atom. The Labute approximate surface area is 149 Å². The van der Waals surface area contributed by atoms with Crippen LogP contribution in [0.5, 0.6) is 5.75 Å². The number of ether oxygens (including phenoxy) is 1. The minimum absolute atomic E-state index is 0.0383. The third-order valence-corrected chi connectivity index (χ3v) is 5.15. The van der Waals surface area contributed by atoms with Gasteiger partial charge in [-0.2, -0.15) is 4.98 Å². The number of thiophene rings is 1. The van der Waals surface area contributed by atoms with Gasteiger partial charge in [-0.3, -0.25) is 4.79 Å². The zero-order valence-corrected chi connectivity index (χ0v) is 14.7. The Kier molecular flexibility index (Phi) is 4.01. The molecule has 128 valence electrons. The van der Waals surface area contributed by atoms with E-state index in [2.05, 4.69) is 10.1 Å². The van der Waals surface area contributed by atoms with E-state index in [0.717, 1.165) is 16.1 Å². The van der Waals surface area contributed by atoms with E-state index in [1.807, 2.05) is 42.6 Å². The van der Waals surface area contributed by atoms with Crippen molar-refractivity contribution in [2.24, 2.45) is 0 Å². The average Bonchev–Trinajstić information content (AvgIpc) is 3.34. The van der Waals surface area contributed by atoms with Crippen molar-refractivity contribution in [1.82, 2.24) is 10.1 Å². The molecule has 1 atom stereocenters. The fourth-order valence-corrected chi connectivity index (χ4v) is 3.67. The van der Waals surface area contributed by atoms with Gasteiger partial charge in [0.15, 0.2) is 5.82 Å². The standard InChI is InChI=1S/C18H17N3O3S/c1-11-5-6-14(23-2)13(8-11)21-10-12(9-16(21)22)17-19-18(24-20-17)15-4-3-7-25-15/h3-8,12H,9-10H2,1-2H3. The van der Waals surface area contributed by atoms with Gasteiger partial charge in [-0.15, -0.1) is 11.3 Å². The summed E-state index contributed by atoms with van der Waals surface area (Å²) in [4.78, 5) is 19.7. The van der Waals surface area contributed by atoms with Crippen LogP contribution in [0.15, 0.2) is 40.2 Å². The Bertz CT molecular complexity index is 904. The first-order chi connectivity index (χ1) is 12.2. The van der Waals surface area contributed by atoms with Crippen LogP contribution < -0.4 is 9.64 Å². The predicted molar refractivity (Wildman–Crippen MR) is 95.1 cm³/mol. The number of hydrogen-bond donors (Lipinski definition) is 0. The van der Waals surface area contributed by atoms with Gasteiger partial charge in [-0.1, -0.05) is 17.3 Å². The van der Waals surface area contributed by atoms with Crippen molar-refractivity contribution >= 4 is 22.9 Å². The molecule has 1 fully saturated rings. The number of anilines is 1. The lowest BCUT2D eigenvalue weighted by Crippen LogP contribution is -2.25. The number of amides is 1. The number of aryl methyl sites for hydroxylation is 1. The molecular weight excluding hydrogens is 338 g/mol. The number of aromatic nitrogens is 2. The molecule has 0 radical (unpaired) electrons. The second kappa shape index (κ2) is 6.33. The molecule has 1 amide bonds. The van der Waals surface area contributed by atoms with Crippen LogP contribution in [0.1, 0.15) is 23.7 Å². The number of carbonyl (C=O) groups is 1. The second-order valence-electron chi connectivity index (χ2n) is 6.02. The van der Waals surface area contributed by atoms with Gasteiger partial charge < -0.3 is 14.2 Å². The van der Waals surface area contributed by atoms with E-state index in [1.54, 1.807) is 23.3 Å². The number of hydrogen-bond acceptors (Lipinski definition) is 6. The monoisotopic (exact) mass is 355 g/mol. The van der Waals surface area contributed by atoms with Crippen molar-refractivity contribution < 1.29 is 14.1 Å². The molecule has 0 N–H and O–H groups in total. The van der Waals surface area contributed by atoms with Crippen LogP contribution in [0, 0.1) is 6.92 Å². The highest BCUT2D eigenvalue weighted by Crippen LogP contribution is 2.37. The summed E-state index contributed by atoms with van der Waals surface area (Å²) in [5.41, 5.74) is 1.86. The van der Waals surface area contributed by atoms with Crippen LogP contribution in [0.3, 0.4) is 0 Å². The maximum atomic E-state index is 12.6. The summed E-state index contributed by atoms with van der Waals surface area (Å²) in [5.74, 6) is 1.72. The molecule has 3 aromatic rings. The van der Waals surface area contributed by atoms with Crippen molar-refractivity contribution in [3.05, 3.63) is 47.1 Å². The molecule has 25 heavy (non-hydrogen) atoms. The van der Waals surface area contributed by atoms with Gasteiger partial charge in [-0.25, -0.2) is 0 Å². The van der Waals surface area contributed by atoms with Crippen LogP contribution in [0.4, 0.5) is 5.69 Å². The van der Waals surface area contributed by atoms with E-state index in [4.69, 9.17) is 9.26 Å². The van der Waals surface area contributed by atoms with Crippen LogP contribution in [-0.2, 0) is 4.79 Å². The molecule has 4 rings (SSSR count). The maximum absolute atomic E-state index is 12.6. The summed E-state index contributed by atoms with van der Waals surface area (Å²) >= 11 is 1.55. The first-order valence-electron chi connectivity index (χ1n) is 7.98. The highest BCUT2D eigenvalue weighted by Gasteiger charge is 2.36. The van der Waals surface area contributed by atoms with Crippen LogP contribution in [0.25, 0.3) is 10.8 Å². The van der Waals surface area contributed by atoms with Gasteiger partial charge >= 0.3 is 0 Å². The molecule has 1 unspecified atom stereocenters. The smallest absolute Gasteiger partial charge is 0.267 e. The van der Waals surface area contributed by atoms with Crippen molar-refractivity contribution in [1.29, 1.82) is 0 Å². The molecular formula is C18H17N3O3S. The largest absolute Gasteiger partial charge is 0.495 e. The molecule has 1 aliphatic rings. The fourth-order valence-electron chi connectivity index (χ4n) is 3.03. The Morgan fingerprint density at radius 2 is 2.24 bits per heavy atom. The molecule has 0 saturated carbocycles. The normalized spacial score (nSPS) is 17.3. The van der Waals surface area contributed by atoms with Crippen molar-refractivity contribution in [2.75, 3.05) is 18.6 Å². The van der Waals surface area contributed by atoms with Crippen LogP contribution in [-0.4, -0.2) is 29.7 Å². The summed E-state index contributed by atoms with van der Waals surface area (Å²) in [7, 11) is 1.61. The number of nitrogens with zero attached hydrogens (tertiary/aromatic N) is 3. The Morgan fingerprint density at radius 3 is 3.00 bits per heavy atom. The molecule has 3 heterocycles. The number of carbonyl (C=O) groups excluding carboxylic acids is 1. The summed E-state index contributed by atoms with van der Waals surface area (Å²) in [6.45, 7) is 2.51. The molecule has 6 nitrogen and oxygen atoms in total. The van der Waals surface area contributed by atoms with Crippen LogP contribution in [0.2, 0.25) is 0 Å². The number of benzene rings is 1. The minimum atomic E-state index is -0.0878. The SMILES string of the molecule is COc1ccc(C)cc1N1CC(c2noc(-c3cccs3)n2)CC1=O. The van der Waals surface area contributed by atoms with Crippen LogP contribution >= 0.6 is 11.3 Å². The summed E-state index contributed by atoms with van der Waals surface area (Å²) in [5, 5.41) is 6.05. The summed E-state index contributed by atoms with van der Waals surface area (Å²) in [6, 6.07) is 9.69. The van der Waals surface area contributed by atoms with Crippen molar-refractivity contribution in [3.8, 4) is 16.5 Å². The minimum Gasteiger partial charge on any atom is -0.495 e. The molecule has 7 heteroatoms. The second-order valence-corrected chi connectivity index (χ2v) is 6.96. The van der Waals surface area contributed by atoms with E-state index < -0.39 is 0 Å². The fraction of sp³-hybridized carbons (Fsp3) is 0.278. The van der Waals surface area contributed by atoms with E-state index in [0.29, 0.717) is 30.4 Å². The first kappa shape index (κ1) is 15.8. The molecule has 1 aromatic carbocycles. The van der Waals surface area contributed by atoms with Gasteiger partial charge in [0.1, 0.15) is 5.75 Å². The van der Waals surface area contributed by atoms with Gasteiger partial charge in [0.2, 0.25) is 5.91 Å². The predicted octanol–water partition coefficient (Wildman–Crippen LogP) is 3.64. The lowest BCUT2D eigenvalue weighted by Gasteiger charge is -2.19. The number of rotatable bonds is 4. The topological polar surface area (TPSA) is 68.5 Å². The highest BCUT2D eigenvalue weighted by molar-refractivity contribution is 7.13. The number of methoxy groups -OCH3 is 1. The van der Waals surface area contributed by atoms with E-state index in [-0.39, 0.29) is 11.8 Å². The Hall–Kier alpha value is -2.67. The lowest BCUT2D eigenvalue weighted by atomic mass is 10.1.